The second-order valence-corrected chi connectivity index (χ2v) is 4.79. The van der Waals surface area contributed by atoms with E-state index >= 15 is 0 Å². The van der Waals surface area contributed by atoms with Crippen LogP contribution in [0.15, 0.2) is 0 Å². The predicted octanol–water partition coefficient (Wildman–Crippen LogP) is 1.58. The third kappa shape index (κ3) is 4.55. The molecule has 0 rings (SSSR count). The third-order valence-electron chi connectivity index (χ3n) is 1.15. The lowest BCUT2D eigenvalue weighted by Crippen LogP contribution is -1.92. The topological polar surface area (TPSA) is 61.1 Å². The molecule has 0 aromatic carbocycles. The summed E-state index contributed by atoms with van der Waals surface area (Å²) in [6, 6.07) is 1.85. The van der Waals surface area contributed by atoms with Gasteiger partial charge in [-0.1, -0.05) is 6.92 Å². The van der Waals surface area contributed by atoms with E-state index in [-0.39, 0.29) is 12.6 Å². The van der Waals surface area contributed by atoms with Crippen LogP contribution in [0.3, 0.4) is 0 Å². The predicted molar refractivity (Wildman–Crippen MR) is 40.1 cm³/mol. The van der Waals surface area contributed by atoms with Crippen molar-refractivity contribution in [2.45, 2.75) is 19.8 Å². The zero-order valence-corrected chi connectivity index (χ0v) is 6.97. The molecule has 0 saturated heterocycles. The molecule has 1 N–H and O–H groups in total. The van der Waals surface area contributed by atoms with E-state index < -0.39 is 7.37 Å². The summed E-state index contributed by atoms with van der Waals surface area (Å²) in [6.45, 7) is 1.86. The number of nitriles is 1. The van der Waals surface area contributed by atoms with Crippen molar-refractivity contribution in [2.75, 3.05) is 12.3 Å². The largest absolute Gasteiger partial charge is 0.344 e. The van der Waals surface area contributed by atoms with Crippen LogP contribution in [-0.4, -0.2) is 17.2 Å². The highest BCUT2D eigenvalue weighted by atomic mass is 31.2. The monoisotopic (exact) mass is 161 g/mol. The van der Waals surface area contributed by atoms with Crippen LogP contribution in [-0.2, 0) is 4.57 Å². The summed E-state index contributed by atoms with van der Waals surface area (Å²) in [4.78, 5) is 9.05. The van der Waals surface area contributed by atoms with E-state index in [0.717, 1.165) is 0 Å². The van der Waals surface area contributed by atoms with Gasteiger partial charge in [0.05, 0.1) is 6.07 Å². The average molecular weight is 161 g/mol. The van der Waals surface area contributed by atoms with Gasteiger partial charge in [-0.3, -0.25) is 4.57 Å². The number of nitrogens with zero attached hydrogens (tertiary/aromatic N) is 1. The van der Waals surface area contributed by atoms with Crippen molar-refractivity contribution in [1.82, 2.24) is 0 Å². The molecule has 10 heavy (non-hydrogen) atoms. The molecule has 0 spiro atoms. The third-order valence-corrected chi connectivity index (χ3v) is 3.21. The lowest BCUT2D eigenvalue weighted by atomic mass is 10.6. The van der Waals surface area contributed by atoms with Gasteiger partial charge in [-0.2, -0.15) is 5.26 Å². The Morgan fingerprint density at radius 1 is 1.60 bits per heavy atom. The van der Waals surface area contributed by atoms with Gasteiger partial charge in [0.25, 0.3) is 0 Å². The van der Waals surface area contributed by atoms with E-state index in [1.807, 2.05) is 13.0 Å². The molecule has 0 aliphatic rings. The van der Waals surface area contributed by atoms with E-state index in [9.17, 15) is 4.57 Å². The fourth-order valence-corrected chi connectivity index (χ4v) is 2.06. The summed E-state index contributed by atoms with van der Waals surface area (Å²) < 4.78 is 11.0. The molecule has 0 aromatic rings. The molecular weight excluding hydrogens is 149 g/mol. The molecule has 4 heteroatoms. The van der Waals surface area contributed by atoms with Crippen molar-refractivity contribution in [3.63, 3.8) is 0 Å². The fraction of sp³-hybridized carbons (Fsp3) is 0.833. The van der Waals surface area contributed by atoms with Crippen molar-refractivity contribution in [3.8, 4) is 6.07 Å². The first-order valence-corrected chi connectivity index (χ1v) is 5.33. The number of hydrogen-bond donors (Lipinski definition) is 1. The first-order valence-electron chi connectivity index (χ1n) is 3.30. The minimum Gasteiger partial charge on any atom is -0.344 e. The Labute approximate surface area is 61.1 Å². The van der Waals surface area contributed by atoms with Gasteiger partial charge in [0, 0.05) is 18.7 Å². The van der Waals surface area contributed by atoms with Gasteiger partial charge in [0.15, 0.2) is 0 Å². The van der Waals surface area contributed by atoms with E-state index in [0.29, 0.717) is 12.6 Å². The van der Waals surface area contributed by atoms with Crippen LogP contribution < -0.4 is 0 Å². The zero-order valence-electron chi connectivity index (χ0n) is 6.08. The molecule has 0 aromatic heterocycles. The Balaban J connectivity index is 3.67. The molecule has 1 atom stereocenters. The molecule has 0 aliphatic heterocycles. The Morgan fingerprint density at radius 2 is 2.20 bits per heavy atom. The van der Waals surface area contributed by atoms with E-state index in [4.69, 9.17) is 10.2 Å². The highest BCUT2D eigenvalue weighted by Gasteiger charge is 2.14. The second kappa shape index (κ2) is 4.49. The van der Waals surface area contributed by atoms with E-state index in [2.05, 4.69) is 0 Å². The van der Waals surface area contributed by atoms with Crippen LogP contribution in [0.25, 0.3) is 0 Å². The van der Waals surface area contributed by atoms with Gasteiger partial charge in [-0.25, -0.2) is 0 Å². The van der Waals surface area contributed by atoms with Crippen molar-refractivity contribution in [2.24, 2.45) is 0 Å². The van der Waals surface area contributed by atoms with Gasteiger partial charge in [-0.15, -0.1) is 0 Å². The van der Waals surface area contributed by atoms with Gasteiger partial charge in [0.2, 0.25) is 7.37 Å². The molecule has 58 valence electrons. The van der Waals surface area contributed by atoms with Gasteiger partial charge in [-0.05, 0) is 6.42 Å². The average Bonchev–Trinajstić information content (AvgIpc) is 1.84. The Kier molecular flexibility index (Phi) is 4.34. The molecule has 3 nitrogen and oxygen atoms in total. The van der Waals surface area contributed by atoms with Gasteiger partial charge >= 0.3 is 0 Å². The maximum atomic E-state index is 11.0. The SMILES string of the molecule is CCCP(=O)(O)CCC#N. The summed E-state index contributed by atoms with van der Waals surface area (Å²) in [6.07, 6.45) is 1.39. The minimum atomic E-state index is -2.93. The molecule has 1 unspecified atom stereocenters. The van der Waals surface area contributed by atoms with Crippen LogP contribution >= 0.6 is 7.37 Å². The highest BCUT2D eigenvalue weighted by molar-refractivity contribution is 7.57. The fourth-order valence-electron chi connectivity index (χ4n) is 0.686. The lowest BCUT2D eigenvalue weighted by Gasteiger charge is -2.05. The smallest absolute Gasteiger partial charge is 0.201 e. The van der Waals surface area contributed by atoms with Crippen LogP contribution in [0.5, 0.6) is 0 Å². The summed E-state index contributed by atoms with van der Waals surface area (Å²) in [5.41, 5.74) is 0. The first-order chi connectivity index (χ1) is 4.62. The summed E-state index contributed by atoms with van der Waals surface area (Å²) in [5, 5.41) is 8.12. The molecule has 0 heterocycles. The normalized spacial score (nSPS) is 15.7. The first kappa shape index (κ1) is 9.68. The Bertz CT molecular complexity index is 173. The molecular formula is C6H12NO2P. The molecule has 0 radical (unpaired) electrons. The summed E-state index contributed by atoms with van der Waals surface area (Å²) in [7, 11) is -2.93. The number of rotatable bonds is 4. The quantitative estimate of drug-likeness (QED) is 0.636. The van der Waals surface area contributed by atoms with E-state index in [1.54, 1.807) is 0 Å². The summed E-state index contributed by atoms with van der Waals surface area (Å²) >= 11 is 0. The Morgan fingerprint density at radius 3 is 2.60 bits per heavy atom. The van der Waals surface area contributed by atoms with Crippen molar-refractivity contribution in [1.29, 1.82) is 5.26 Å². The molecule has 0 fully saturated rings. The molecule has 0 aliphatic carbocycles. The molecule has 0 amide bonds. The van der Waals surface area contributed by atoms with Crippen LogP contribution in [0.4, 0.5) is 0 Å². The number of hydrogen-bond acceptors (Lipinski definition) is 2. The van der Waals surface area contributed by atoms with Crippen LogP contribution in [0, 0.1) is 11.3 Å². The van der Waals surface area contributed by atoms with Crippen molar-refractivity contribution < 1.29 is 9.46 Å². The maximum absolute atomic E-state index is 11.0. The van der Waals surface area contributed by atoms with Gasteiger partial charge in [0.1, 0.15) is 0 Å². The molecule has 0 bridgehead atoms. The van der Waals surface area contributed by atoms with Gasteiger partial charge < -0.3 is 4.89 Å². The lowest BCUT2D eigenvalue weighted by molar-refractivity contribution is 0.477. The zero-order chi connectivity index (χ0) is 8.04. The second-order valence-electron chi connectivity index (χ2n) is 2.20. The van der Waals surface area contributed by atoms with E-state index in [1.165, 1.54) is 0 Å². The van der Waals surface area contributed by atoms with Crippen LogP contribution in [0.1, 0.15) is 19.8 Å². The molecule has 0 saturated carbocycles. The minimum absolute atomic E-state index is 0.150. The highest BCUT2D eigenvalue weighted by Crippen LogP contribution is 2.41. The standard InChI is InChI=1S/C6H12NO2P/c1-2-5-10(8,9)6-3-4-7/h2-3,5-6H2,1H3,(H,8,9). The van der Waals surface area contributed by atoms with Crippen LogP contribution in [0.2, 0.25) is 0 Å². The van der Waals surface area contributed by atoms with Crippen molar-refractivity contribution >= 4 is 7.37 Å². The summed E-state index contributed by atoms with van der Waals surface area (Å²) in [5.74, 6) is 0. The Hall–Kier alpha value is -0.320. The maximum Gasteiger partial charge on any atom is 0.201 e. The van der Waals surface area contributed by atoms with Crippen molar-refractivity contribution in [3.05, 3.63) is 0 Å².